The molecule has 0 spiro atoms. The Morgan fingerprint density at radius 2 is 1.92 bits per heavy atom. The van der Waals surface area contributed by atoms with Crippen LogP contribution in [0.4, 0.5) is 11.5 Å². The van der Waals surface area contributed by atoms with Crippen molar-refractivity contribution in [1.29, 1.82) is 0 Å². The number of rotatable bonds is 6. The second-order valence-electron chi connectivity index (χ2n) is 5.33. The number of benzene rings is 1. The van der Waals surface area contributed by atoms with Gasteiger partial charge in [0, 0.05) is 18.9 Å². The number of carbonyl (C=O) groups is 1. The maximum atomic E-state index is 12.0. The van der Waals surface area contributed by atoms with Crippen LogP contribution in [0.1, 0.15) is 15.9 Å². The predicted octanol–water partition coefficient (Wildman–Crippen LogP) is 3.35. The lowest BCUT2D eigenvalue weighted by molar-refractivity contribution is 0.102. The molecule has 0 saturated carbocycles. The lowest BCUT2D eigenvalue weighted by Crippen LogP contribution is -2.13. The highest BCUT2D eigenvalue weighted by molar-refractivity contribution is 6.03. The van der Waals surface area contributed by atoms with Gasteiger partial charge < -0.3 is 15.4 Å². The van der Waals surface area contributed by atoms with Gasteiger partial charge in [-0.3, -0.25) is 9.78 Å². The number of hydrogen-bond donors (Lipinski definition) is 2. The molecular formula is C19H18N4O2. The van der Waals surface area contributed by atoms with Crippen LogP contribution in [0.3, 0.4) is 0 Å². The monoisotopic (exact) mass is 334 g/mol. The molecule has 2 N–H and O–H groups in total. The average Bonchev–Trinajstić information content (AvgIpc) is 2.68. The van der Waals surface area contributed by atoms with Crippen LogP contribution in [-0.2, 0) is 6.54 Å². The van der Waals surface area contributed by atoms with Gasteiger partial charge in [-0.1, -0.05) is 12.1 Å². The lowest BCUT2D eigenvalue weighted by Gasteiger charge is -2.08. The molecule has 3 rings (SSSR count). The van der Waals surface area contributed by atoms with E-state index in [4.69, 9.17) is 4.74 Å². The van der Waals surface area contributed by atoms with Crippen molar-refractivity contribution in [3.8, 4) is 5.75 Å². The smallest absolute Gasteiger partial charge is 0.258 e. The molecule has 0 saturated heterocycles. The molecule has 0 atom stereocenters. The van der Waals surface area contributed by atoms with Gasteiger partial charge in [0.1, 0.15) is 11.6 Å². The van der Waals surface area contributed by atoms with Crippen molar-refractivity contribution in [2.24, 2.45) is 0 Å². The largest absolute Gasteiger partial charge is 0.497 e. The molecule has 0 bridgehead atoms. The van der Waals surface area contributed by atoms with Crippen LogP contribution in [0.15, 0.2) is 67.1 Å². The van der Waals surface area contributed by atoms with Crippen molar-refractivity contribution in [1.82, 2.24) is 9.97 Å². The fraction of sp³-hybridized carbons (Fsp3) is 0.105. The molecule has 1 aromatic carbocycles. The standard InChI is InChI=1S/C19H18N4O2/c1-25-17-7-4-14(5-8-17)11-21-16-6-9-18(22-13-16)23-19(24)15-3-2-10-20-12-15/h2-10,12-13,21H,11H2,1H3,(H,22,23,24). The molecule has 0 unspecified atom stereocenters. The normalized spacial score (nSPS) is 10.1. The van der Waals surface area contributed by atoms with E-state index >= 15 is 0 Å². The van der Waals surface area contributed by atoms with Gasteiger partial charge in [0.2, 0.25) is 0 Å². The predicted molar refractivity (Wildman–Crippen MR) is 96.7 cm³/mol. The highest BCUT2D eigenvalue weighted by Gasteiger charge is 2.06. The van der Waals surface area contributed by atoms with Gasteiger partial charge in [0.25, 0.3) is 5.91 Å². The van der Waals surface area contributed by atoms with Crippen LogP contribution < -0.4 is 15.4 Å². The Kier molecular flexibility index (Phi) is 5.21. The first kappa shape index (κ1) is 16.4. The first-order valence-corrected chi connectivity index (χ1v) is 7.79. The number of aromatic nitrogens is 2. The van der Waals surface area contributed by atoms with Gasteiger partial charge >= 0.3 is 0 Å². The van der Waals surface area contributed by atoms with E-state index in [1.165, 1.54) is 6.20 Å². The van der Waals surface area contributed by atoms with E-state index in [2.05, 4.69) is 20.6 Å². The number of nitrogens with zero attached hydrogens (tertiary/aromatic N) is 2. The quantitative estimate of drug-likeness (QED) is 0.723. The Balaban J connectivity index is 1.55. The molecule has 0 aliphatic heterocycles. The van der Waals surface area contributed by atoms with Crippen LogP contribution >= 0.6 is 0 Å². The van der Waals surface area contributed by atoms with Crippen molar-refractivity contribution >= 4 is 17.4 Å². The van der Waals surface area contributed by atoms with Crippen molar-refractivity contribution in [2.45, 2.75) is 6.54 Å². The van der Waals surface area contributed by atoms with Crippen LogP contribution in [0.5, 0.6) is 5.75 Å². The van der Waals surface area contributed by atoms with Gasteiger partial charge in [0.15, 0.2) is 0 Å². The first-order valence-electron chi connectivity index (χ1n) is 7.79. The van der Waals surface area contributed by atoms with E-state index in [-0.39, 0.29) is 5.91 Å². The Morgan fingerprint density at radius 3 is 2.56 bits per heavy atom. The highest BCUT2D eigenvalue weighted by Crippen LogP contribution is 2.14. The van der Waals surface area contributed by atoms with Crippen molar-refractivity contribution in [3.05, 3.63) is 78.2 Å². The summed E-state index contributed by atoms with van der Waals surface area (Å²) in [6.07, 6.45) is 4.82. The summed E-state index contributed by atoms with van der Waals surface area (Å²) in [7, 11) is 1.65. The Morgan fingerprint density at radius 1 is 1.08 bits per heavy atom. The van der Waals surface area contributed by atoms with Crippen LogP contribution in [-0.4, -0.2) is 23.0 Å². The Bertz CT molecular complexity index is 818. The zero-order valence-corrected chi connectivity index (χ0v) is 13.8. The van der Waals surface area contributed by atoms with Crippen LogP contribution in [0.2, 0.25) is 0 Å². The van der Waals surface area contributed by atoms with Gasteiger partial charge in [0.05, 0.1) is 24.6 Å². The van der Waals surface area contributed by atoms with E-state index in [0.29, 0.717) is 17.9 Å². The minimum absolute atomic E-state index is 0.237. The molecule has 6 nitrogen and oxygen atoms in total. The Hall–Kier alpha value is -3.41. The SMILES string of the molecule is COc1ccc(CNc2ccc(NC(=O)c3cccnc3)nc2)cc1. The number of anilines is 2. The molecule has 2 heterocycles. The molecule has 0 fully saturated rings. The zero-order valence-electron chi connectivity index (χ0n) is 13.8. The summed E-state index contributed by atoms with van der Waals surface area (Å²) in [6.45, 7) is 0.674. The van der Waals surface area contributed by atoms with Crippen molar-refractivity contribution in [2.75, 3.05) is 17.7 Å². The fourth-order valence-corrected chi connectivity index (χ4v) is 2.21. The van der Waals surface area contributed by atoms with Crippen LogP contribution in [0, 0.1) is 0 Å². The molecule has 0 radical (unpaired) electrons. The number of carbonyl (C=O) groups excluding carboxylic acids is 1. The van der Waals surface area contributed by atoms with E-state index in [1.54, 1.807) is 37.7 Å². The molecule has 3 aromatic rings. The summed E-state index contributed by atoms with van der Waals surface area (Å²) in [5.41, 5.74) is 2.50. The van der Waals surface area contributed by atoms with Gasteiger partial charge in [-0.15, -0.1) is 0 Å². The second-order valence-corrected chi connectivity index (χ2v) is 5.33. The van der Waals surface area contributed by atoms with Gasteiger partial charge in [-0.2, -0.15) is 0 Å². The van der Waals surface area contributed by atoms with E-state index in [1.807, 2.05) is 30.3 Å². The number of nitrogens with one attached hydrogen (secondary N) is 2. The van der Waals surface area contributed by atoms with E-state index in [9.17, 15) is 4.79 Å². The number of pyridine rings is 2. The maximum absolute atomic E-state index is 12.0. The molecule has 126 valence electrons. The summed E-state index contributed by atoms with van der Waals surface area (Å²) in [6, 6.07) is 14.9. The average molecular weight is 334 g/mol. The summed E-state index contributed by atoms with van der Waals surface area (Å²) in [5.74, 6) is 1.09. The minimum atomic E-state index is -0.237. The van der Waals surface area contributed by atoms with E-state index < -0.39 is 0 Å². The molecule has 2 aromatic heterocycles. The second kappa shape index (κ2) is 7.92. The molecule has 25 heavy (non-hydrogen) atoms. The van der Waals surface area contributed by atoms with E-state index in [0.717, 1.165) is 17.0 Å². The number of methoxy groups -OCH3 is 1. The third kappa shape index (κ3) is 4.54. The molecule has 1 amide bonds. The lowest BCUT2D eigenvalue weighted by atomic mass is 10.2. The van der Waals surface area contributed by atoms with Crippen molar-refractivity contribution in [3.63, 3.8) is 0 Å². The molecular weight excluding hydrogens is 316 g/mol. The van der Waals surface area contributed by atoms with Gasteiger partial charge in [-0.25, -0.2) is 4.98 Å². The number of hydrogen-bond acceptors (Lipinski definition) is 5. The minimum Gasteiger partial charge on any atom is -0.497 e. The molecule has 6 heteroatoms. The Labute approximate surface area is 145 Å². The summed E-state index contributed by atoms with van der Waals surface area (Å²) < 4.78 is 5.14. The maximum Gasteiger partial charge on any atom is 0.258 e. The van der Waals surface area contributed by atoms with Gasteiger partial charge in [-0.05, 0) is 42.0 Å². The topological polar surface area (TPSA) is 76.1 Å². The summed E-state index contributed by atoms with van der Waals surface area (Å²) in [5, 5.41) is 6.02. The first-order chi connectivity index (χ1) is 12.2. The summed E-state index contributed by atoms with van der Waals surface area (Å²) in [4.78, 5) is 20.2. The summed E-state index contributed by atoms with van der Waals surface area (Å²) >= 11 is 0. The zero-order chi connectivity index (χ0) is 17.5. The number of amides is 1. The van der Waals surface area contributed by atoms with Crippen LogP contribution in [0.25, 0.3) is 0 Å². The fourth-order valence-electron chi connectivity index (χ4n) is 2.21. The van der Waals surface area contributed by atoms with Crippen molar-refractivity contribution < 1.29 is 9.53 Å². The third-order valence-corrected chi connectivity index (χ3v) is 3.58. The molecule has 0 aliphatic carbocycles. The highest BCUT2D eigenvalue weighted by atomic mass is 16.5. The third-order valence-electron chi connectivity index (χ3n) is 3.58. The molecule has 0 aliphatic rings. The number of ether oxygens (including phenoxy) is 1.